The van der Waals surface area contributed by atoms with Crippen LogP contribution in [0.15, 0.2) is 24.3 Å². The molecule has 0 amide bonds. The number of rotatable bonds is 11. The van der Waals surface area contributed by atoms with E-state index in [2.05, 4.69) is 35.1 Å². The molecule has 0 aliphatic heterocycles. The quantitative estimate of drug-likeness (QED) is 0.252. The van der Waals surface area contributed by atoms with Crippen LogP contribution in [0.5, 0.6) is 5.75 Å². The zero-order valence-corrected chi connectivity index (χ0v) is 13.7. The maximum Gasteiger partial charge on any atom is 0.156 e. The molecule has 3 N–H and O–H groups in total. The Morgan fingerprint density at radius 3 is 2.86 bits per heavy atom. The van der Waals surface area contributed by atoms with Crippen LogP contribution in [0.25, 0.3) is 0 Å². The minimum Gasteiger partial charge on any atom is -0.478 e. The third-order valence-corrected chi connectivity index (χ3v) is 3.06. The van der Waals surface area contributed by atoms with Gasteiger partial charge in [0.1, 0.15) is 5.75 Å². The highest BCUT2D eigenvalue weighted by Gasteiger charge is 2.06. The predicted molar refractivity (Wildman–Crippen MR) is 89.4 cm³/mol. The Labute approximate surface area is 133 Å². The van der Waals surface area contributed by atoms with E-state index in [0.29, 0.717) is 6.73 Å². The molecule has 1 rings (SSSR count). The van der Waals surface area contributed by atoms with Crippen molar-refractivity contribution in [1.29, 1.82) is 0 Å². The van der Waals surface area contributed by atoms with E-state index in [1.165, 1.54) is 0 Å². The fraction of sp³-hybridized carbons (Fsp3) is 0.529. The Hall–Kier alpha value is -1.58. The maximum atomic E-state index is 5.63. The average Bonchev–Trinajstić information content (AvgIpc) is 2.54. The van der Waals surface area contributed by atoms with E-state index in [1.54, 1.807) is 0 Å². The molecule has 122 valence electrons. The van der Waals surface area contributed by atoms with Crippen LogP contribution in [0.4, 0.5) is 0 Å². The SMILES string of the molecule is C#CC(C)Oc1cccc(C(C)NNCCCOCNC)c1. The fourth-order valence-electron chi connectivity index (χ4n) is 1.84. The molecule has 0 aliphatic rings. The standard InChI is InChI=1S/C17H27N3O2/c1-5-14(2)22-17-9-6-8-16(12-17)15(3)20-19-10-7-11-21-13-18-4/h1,6,8-9,12,14-15,18-20H,7,10-11,13H2,2-4H3. The van der Waals surface area contributed by atoms with Gasteiger partial charge in [0.25, 0.3) is 0 Å². The number of benzene rings is 1. The van der Waals surface area contributed by atoms with Gasteiger partial charge in [0.05, 0.1) is 6.73 Å². The van der Waals surface area contributed by atoms with Gasteiger partial charge in [-0.25, -0.2) is 0 Å². The first kappa shape index (κ1) is 18.5. The molecule has 5 nitrogen and oxygen atoms in total. The minimum absolute atomic E-state index is 0.169. The van der Waals surface area contributed by atoms with Gasteiger partial charge in [0, 0.05) is 19.2 Å². The lowest BCUT2D eigenvalue weighted by Crippen LogP contribution is -2.35. The summed E-state index contributed by atoms with van der Waals surface area (Å²) in [6.45, 7) is 6.11. The van der Waals surface area contributed by atoms with Crippen molar-refractivity contribution in [2.24, 2.45) is 0 Å². The molecule has 0 saturated heterocycles. The van der Waals surface area contributed by atoms with Gasteiger partial charge in [-0.2, -0.15) is 0 Å². The molecule has 0 bridgehead atoms. The van der Waals surface area contributed by atoms with Gasteiger partial charge < -0.3 is 9.47 Å². The number of hydrazine groups is 1. The summed E-state index contributed by atoms with van der Waals surface area (Å²) in [5.74, 6) is 3.35. The van der Waals surface area contributed by atoms with Crippen LogP contribution >= 0.6 is 0 Å². The van der Waals surface area contributed by atoms with Gasteiger partial charge in [-0.3, -0.25) is 16.2 Å². The molecule has 1 aromatic rings. The highest BCUT2D eigenvalue weighted by Crippen LogP contribution is 2.19. The Kier molecular flexibility index (Phi) is 9.28. The van der Waals surface area contributed by atoms with Crippen LogP contribution in [0.2, 0.25) is 0 Å². The molecular formula is C17H27N3O2. The molecule has 0 aromatic heterocycles. The summed E-state index contributed by atoms with van der Waals surface area (Å²) in [6.07, 6.45) is 6.05. The van der Waals surface area contributed by atoms with Crippen molar-refractivity contribution in [1.82, 2.24) is 16.2 Å². The second-order valence-electron chi connectivity index (χ2n) is 5.05. The Bertz CT molecular complexity index is 459. The highest BCUT2D eigenvalue weighted by molar-refractivity contribution is 5.30. The maximum absolute atomic E-state index is 5.63. The second-order valence-corrected chi connectivity index (χ2v) is 5.05. The van der Waals surface area contributed by atoms with E-state index in [1.807, 2.05) is 32.2 Å². The number of nitrogens with one attached hydrogen (secondary N) is 3. The number of hydrogen-bond donors (Lipinski definition) is 3. The zero-order chi connectivity index (χ0) is 16.2. The van der Waals surface area contributed by atoms with Crippen molar-refractivity contribution < 1.29 is 9.47 Å². The van der Waals surface area contributed by atoms with Gasteiger partial charge >= 0.3 is 0 Å². The number of hydrogen-bond acceptors (Lipinski definition) is 5. The van der Waals surface area contributed by atoms with E-state index in [9.17, 15) is 0 Å². The molecular weight excluding hydrogens is 278 g/mol. The first-order chi connectivity index (χ1) is 10.7. The molecule has 1 aromatic carbocycles. The molecule has 22 heavy (non-hydrogen) atoms. The smallest absolute Gasteiger partial charge is 0.156 e. The van der Waals surface area contributed by atoms with Crippen molar-refractivity contribution >= 4 is 0 Å². The number of terminal acetylenes is 1. The van der Waals surface area contributed by atoms with Gasteiger partial charge in [-0.1, -0.05) is 18.1 Å². The molecule has 5 heteroatoms. The van der Waals surface area contributed by atoms with Crippen LogP contribution in [0, 0.1) is 12.3 Å². The lowest BCUT2D eigenvalue weighted by atomic mass is 10.1. The summed E-state index contributed by atoms with van der Waals surface area (Å²) in [5, 5.41) is 2.94. The third-order valence-electron chi connectivity index (χ3n) is 3.06. The Balaban J connectivity index is 2.31. The summed E-state index contributed by atoms with van der Waals surface area (Å²) in [6, 6.07) is 8.11. The molecule has 0 spiro atoms. The molecule has 2 unspecified atom stereocenters. The van der Waals surface area contributed by atoms with E-state index in [0.717, 1.165) is 30.9 Å². The van der Waals surface area contributed by atoms with Crippen molar-refractivity contribution in [2.45, 2.75) is 32.4 Å². The molecule has 0 radical (unpaired) electrons. The van der Waals surface area contributed by atoms with Gasteiger partial charge in [-0.15, -0.1) is 6.42 Å². The summed E-state index contributed by atoms with van der Waals surface area (Å²) in [7, 11) is 1.86. The lowest BCUT2D eigenvalue weighted by Gasteiger charge is -2.17. The van der Waals surface area contributed by atoms with Crippen LogP contribution in [-0.4, -0.2) is 33.0 Å². The van der Waals surface area contributed by atoms with Crippen molar-refractivity contribution in [2.75, 3.05) is 26.9 Å². The predicted octanol–water partition coefficient (Wildman–Crippen LogP) is 1.83. The van der Waals surface area contributed by atoms with Crippen molar-refractivity contribution in [3.8, 4) is 18.1 Å². The van der Waals surface area contributed by atoms with Gasteiger partial charge in [0.15, 0.2) is 6.10 Å². The van der Waals surface area contributed by atoms with E-state index in [-0.39, 0.29) is 12.1 Å². The Morgan fingerprint density at radius 2 is 2.14 bits per heavy atom. The second kappa shape index (κ2) is 11.0. The first-order valence-electron chi connectivity index (χ1n) is 7.61. The molecule has 0 fully saturated rings. The summed E-state index contributed by atoms with van der Waals surface area (Å²) >= 11 is 0. The summed E-state index contributed by atoms with van der Waals surface area (Å²) < 4.78 is 11.0. The van der Waals surface area contributed by atoms with Gasteiger partial charge in [0.2, 0.25) is 0 Å². The Morgan fingerprint density at radius 1 is 1.32 bits per heavy atom. The number of ether oxygens (including phenoxy) is 2. The van der Waals surface area contributed by atoms with Crippen molar-refractivity contribution in [3.63, 3.8) is 0 Å². The average molecular weight is 305 g/mol. The molecule has 0 aliphatic carbocycles. The highest BCUT2D eigenvalue weighted by atomic mass is 16.5. The topological polar surface area (TPSA) is 54.5 Å². The molecule has 2 atom stereocenters. The summed E-state index contributed by atoms with van der Waals surface area (Å²) in [4.78, 5) is 0. The van der Waals surface area contributed by atoms with Crippen molar-refractivity contribution in [3.05, 3.63) is 29.8 Å². The monoisotopic (exact) mass is 305 g/mol. The largest absolute Gasteiger partial charge is 0.478 e. The third kappa shape index (κ3) is 7.43. The summed E-state index contributed by atoms with van der Waals surface area (Å²) in [5.41, 5.74) is 7.62. The molecule has 0 saturated carbocycles. The fourth-order valence-corrected chi connectivity index (χ4v) is 1.84. The van der Waals surface area contributed by atoms with E-state index < -0.39 is 0 Å². The van der Waals surface area contributed by atoms with Crippen LogP contribution < -0.4 is 20.9 Å². The van der Waals surface area contributed by atoms with E-state index >= 15 is 0 Å². The van der Waals surface area contributed by atoms with Crippen LogP contribution in [-0.2, 0) is 4.74 Å². The molecule has 0 heterocycles. The first-order valence-corrected chi connectivity index (χ1v) is 7.61. The normalized spacial score (nSPS) is 13.4. The minimum atomic E-state index is -0.228. The zero-order valence-electron chi connectivity index (χ0n) is 13.7. The lowest BCUT2D eigenvalue weighted by molar-refractivity contribution is 0.118. The van der Waals surface area contributed by atoms with Crippen LogP contribution in [0.1, 0.15) is 31.9 Å². The van der Waals surface area contributed by atoms with Crippen LogP contribution in [0.3, 0.4) is 0 Å². The van der Waals surface area contributed by atoms with E-state index in [4.69, 9.17) is 15.9 Å². The van der Waals surface area contributed by atoms with Gasteiger partial charge in [-0.05, 0) is 45.0 Å².